The molecule has 1 atom stereocenters. The van der Waals surface area contributed by atoms with Crippen LogP contribution in [-0.4, -0.2) is 42.2 Å². The molecule has 0 fully saturated rings. The van der Waals surface area contributed by atoms with Gasteiger partial charge in [-0.15, -0.1) is 0 Å². The number of benzene rings is 4. The third-order valence-electron chi connectivity index (χ3n) is 6.18. The summed E-state index contributed by atoms with van der Waals surface area (Å²) in [6.07, 6.45) is 2.62. The molecule has 5 rings (SSSR count). The molecule has 5 aromatic rings. The lowest BCUT2D eigenvalue weighted by Crippen LogP contribution is -2.26. The van der Waals surface area contributed by atoms with E-state index >= 15 is 0 Å². The van der Waals surface area contributed by atoms with Crippen molar-refractivity contribution in [3.05, 3.63) is 108 Å². The fourth-order valence-electron chi connectivity index (χ4n) is 4.20. The van der Waals surface area contributed by atoms with E-state index in [4.69, 9.17) is 9.47 Å². The van der Waals surface area contributed by atoms with E-state index in [-0.39, 0.29) is 12.4 Å². The molecule has 37 heavy (non-hydrogen) atoms. The summed E-state index contributed by atoms with van der Waals surface area (Å²) >= 11 is 0. The van der Waals surface area contributed by atoms with Crippen LogP contribution in [-0.2, 0) is 0 Å². The van der Waals surface area contributed by atoms with Crippen molar-refractivity contribution in [1.29, 1.82) is 0 Å². The van der Waals surface area contributed by atoms with E-state index in [1.807, 2.05) is 72.8 Å². The highest BCUT2D eigenvalue weighted by atomic mass is 16.5. The van der Waals surface area contributed by atoms with Gasteiger partial charge in [-0.3, -0.25) is 4.79 Å². The molecule has 4 aromatic carbocycles. The van der Waals surface area contributed by atoms with Gasteiger partial charge in [-0.25, -0.2) is 0 Å². The molecule has 1 heterocycles. The summed E-state index contributed by atoms with van der Waals surface area (Å²) in [6, 6.07) is 28.7. The lowest BCUT2D eigenvalue weighted by Gasteiger charge is -2.15. The molecule has 0 radical (unpaired) electrons. The van der Waals surface area contributed by atoms with Crippen LogP contribution >= 0.6 is 0 Å². The molecule has 0 aliphatic carbocycles. The van der Waals surface area contributed by atoms with Crippen LogP contribution in [0.15, 0.2) is 97.1 Å². The number of aliphatic hydroxyl groups excluding tert-OH is 1. The summed E-state index contributed by atoms with van der Waals surface area (Å²) < 4.78 is 11.1. The summed E-state index contributed by atoms with van der Waals surface area (Å²) in [6.45, 7) is 0.465. The average Bonchev–Trinajstić information content (AvgIpc) is 3.33. The molecule has 186 valence electrons. The Hall–Kier alpha value is -4.55. The van der Waals surface area contributed by atoms with Gasteiger partial charge in [0.05, 0.1) is 12.6 Å². The number of carbonyl (C=O) groups excluding carboxylic acids is 1. The molecular formula is C31H28N2O4. The Kier molecular flexibility index (Phi) is 7.19. The highest BCUT2D eigenvalue weighted by Gasteiger charge is 2.12. The number of hydrogen-bond donors (Lipinski definition) is 3. The van der Waals surface area contributed by atoms with E-state index < -0.39 is 6.10 Å². The van der Waals surface area contributed by atoms with Crippen LogP contribution in [0.5, 0.6) is 11.5 Å². The molecule has 0 aliphatic rings. The SMILES string of the molecule is COc1ccc(C=CC(=O)c2ccc(NCC(O)COc3cccc4[nH]c5ccccc5c34)cc2)cc1. The Labute approximate surface area is 215 Å². The van der Waals surface area contributed by atoms with E-state index in [1.165, 1.54) is 0 Å². The normalized spacial score (nSPS) is 12.2. The minimum atomic E-state index is -0.714. The Morgan fingerprint density at radius 1 is 0.946 bits per heavy atom. The number of aromatic nitrogens is 1. The number of ether oxygens (including phenoxy) is 2. The van der Waals surface area contributed by atoms with E-state index in [0.29, 0.717) is 12.1 Å². The first-order valence-electron chi connectivity index (χ1n) is 12.1. The maximum atomic E-state index is 12.5. The van der Waals surface area contributed by atoms with Gasteiger partial charge in [0.2, 0.25) is 0 Å². The summed E-state index contributed by atoms with van der Waals surface area (Å²) in [5.41, 5.74) is 4.37. The second kappa shape index (κ2) is 11.0. The number of aromatic amines is 1. The molecule has 6 nitrogen and oxygen atoms in total. The van der Waals surface area contributed by atoms with Crippen LogP contribution in [0.4, 0.5) is 5.69 Å². The highest BCUT2D eigenvalue weighted by molar-refractivity contribution is 6.10. The molecule has 0 saturated heterocycles. The van der Waals surface area contributed by atoms with Gasteiger partial charge in [0.1, 0.15) is 24.2 Å². The maximum absolute atomic E-state index is 12.5. The maximum Gasteiger partial charge on any atom is 0.185 e. The number of para-hydroxylation sites is 1. The number of aliphatic hydroxyl groups is 1. The average molecular weight is 493 g/mol. The van der Waals surface area contributed by atoms with Crippen LogP contribution in [0.25, 0.3) is 27.9 Å². The predicted octanol–water partition coefficient (Wildman–Crippen LogP) is 6.08. The van der Waals surface area contributed by atoms with E-state index in [1.54, 1.807) is 31.4 Å². The number of methoxy groups -OCH3 is 1. The third kappa shape index (κ3) is 5.66. The zero-order valence-corrected chi connectivity index (χ0v) is 20.5. The lowest BCUT2D eigenvalue weighted by atomic mass is 10.1. The molecular weight excluding hydrogens is 464 g/mol. The van der Waals surface area contributed by atoms with Crippen molar-refractivity contribution in [3.8, 4) is 11.5 Å². The second-order valence-electron chi connectivity index (χ2n) is 8.74. The van der Waals surface area contributed by atoms with Gasteiger partial charge in [0, 0.05) is 34.1 Å². The van der Waals surface area contributed by atoms with Crippen LogP contribution in [0.2, 0.25) is 0 Å². The molecule has 0 bridgehead atoms. The van der Waals surface area contributed by atoms with Gasteiger partial charge in [-0.05, 0) is 66.2 Å². The summed E-state index contributed by atoms with van der Waals surface area (Å²) in [4.78, 5) is 15.9. The van der Waals surface area contributed by atoms with Crippen molar-refractivity contribution in [2.24, 2.45) is 0 Å². The summed E-state index contributed by atoms with van der Waals surface area (Å²) in [5, 5.41) is 15.8. The van der Waals surface area contributed by atoms with Gasteiger partial charge in [-0.1, -0.05) is 42.5 Å². The molecule has 1 unspecified atom stereocenters. The molecule has 0 amide bonds. The van der Waals surface area contributed by atoms with Gasteiger partial charge in [-0.2, -0.15) is 0 Å². The first-order valence-corrected chi connectivity index (χ1v) is 12.1. The van der Waals surface area contributed by atoms with E-state index in [9.17, 15) is 9.90 Å². The molecule has 0 spiro atoms. The molecule has 6 heteroatoms. The van der Waals surface area contributed by atoms with Crippen molar-refractivity contribution < 1.29 is 19.4 Å². The highest BCUT2D eigenvalue weighted by Crippen LogP contribution is 2.33. The quantitative estimate of drug-likeness (QED) is 0.163. The van der Waals surface area contributed by atoms with Crippen LogP contribution in [0, 0.1) is 0 Å². The van der Waals surface area contributed by atoms with Crippen molar-refractivity contribution in [2.45, 2.75) is 6.10 Å². The Bertz CT molecular complexity index is 1540. The fraction of sp³-hybridized carbons (Fsp3) is 0.129. The molecule has 1 aromatic heterocycles. The monoisotopic (exact) mass is 492 g/mol. The Morgan fingerprint density at radius 2 is 1.70 bits per heavy atom. The fourth-order valence-corrected chi connectivity index (χ4v) is 4.20. The second-order valence-corrected chi connectivity index (χ2v) is 8.74. The van der Waals surface area contributed by atoms with E-state index in [2.05, 4.69) is 16.4 Å². The predicted molar refractivity (Wildman–Crippen MR) is 149 cm³/mol. The van der Waals surface area contributed by atoms with Gasteiger partial charge < -0.3 is 24.9 Å². The number of carbonyl (C=O) groups is 1. The number of H-pyrrole nitrogens is 1. The van der Waals surface area contributed by atoms with Crippen LogP contribution < -0.4 is 14.8 Å². The standard InChI is InChI=1S/C31H28N2O4/c1-36-25-16-9-21(10-17-25)11-18-29(35)22-12-14-23(15-13-22)32-19-24(34)20-37-30-8-4-7-28-31(30)26-5-2-3-6-27(26)33-28/h2-18,24,32-34H,19-20H2,1H3. The molecule has 3 N–H and O–H groups in total. The van der Waals surface area contributed by atoms with Crippen molar-refractivity contribution in [1.82, 2.24) is 4.98 Å². The van der Waals surface area contributed by atoms with Crippen molar-refractivity contribution in [3.63, 3.8) is 0 Å². The first kappa shape index (κ1) is 24.2. The summed E-state index contributed by atoms with van der Waals surface area (Å²) in [5.74, 6) is 1.43. The van der Waals surface area contributed by atoms with Gasteiger partial charge in [0.25, 0.3) is 0 Å². The zero-order chi connectivity index (χ0) is 25.6. The molecule has 0 aliphatic heterocycles. The number of anilines is 1. The Morgan fingerprint density at radius 3 is 2.49 bits per heavy atom. The number of ketones is 1. The number of rotatable bonds is 10. The minimum Gasteiger partial charge on any atom is -0.497 e. The number of fused-ring (bicyclic) bond motifs is 3. The minimum absolute atomic E-state index is 0.0812. The first-order chi connectivity index (χ1) is 18.1. The largest absolute Gasteiger partial charge is 0.497 e. The topological polar surface area (TPSA) is 83.6 Å². The Balaban J connectivity index is 1.14. The number of allylic oxidation sites excluding steroid dienone is 1. The van der Waals surface area contributed by atoms with E-state index in [0.717, 1.165) is 44.6 Å². The summed E-state index contributed by atoms with van der Waals surface area (Å²) in [7, 11) is 1.62. The lowest BCUT2D eigenvalue weighted by molar-refractivity contribution is 0.104. The molecule has 0 saturated carbocycles. The van der Waals surface area contributed by atoms with Gasteiger partial charge >= 0.3 is 0 Å². The number of hydrogen-bond acceptors (Lipinski definition) is 5. The van der Waals surface area contributed by atoms with Gasteiger partial charge in [0.15, 0.2) is 5.78 Å². The third-order valence-corrected chi connectivity index (χ3v) is 6.18. The van der Waals surface area contributed by atoms with Crippen molar-refractivity contribution in [2.75, 3.05) is 25.6 Å². The van der Waals surface area contributed by atoms with Crippen LogP contribution in [0.1, 0.15) is 15.9 Å². The number of nitrogens with one attached hydrogen (secondary N) is 2. The van der Waals surface area contributed by atoms with Crippen molar-refractivity contribution >= 4 is 39.4 Å². The van der Waals surface area contributed by atoms with Crippen LogP contribution in [0.3, 0.4) is 0 Å². The zero-order valence-electron chi connectivity index (χ0n) is 20.5. The smallest absolute Gasteiger partial charge is 0.185 e.